The number of hydrogen-bond donors (Lipinski definition) is 0. The van der Waals surface area contributed by atoms with Crippen LogP contribution < -0.4 is 0 Å². The first-order valence-electron chi connectivity index (χ1n) is 12.6. The van der Waals surface area contributed by atoms with Gasteiger partial charge in [-0.25, -0.2) is 9.69 Å². The van der Waals surface area contributed by atoms with Gasteiger partial charge in [0.2, 0.25) is 0 Å². The van der Waals surface area contributed by atoms with Gasteiger partial charge in [-0.1, -0.05) is 48.0 Å². The molecule has 8 heteroatoms. The fourth-order valence-electron chi connectivity index (χ4n) is 4.96. The second-order valence-electron chi connectivity index (χ2n) is 9.45. The molecule has 1 amide bonds. The Morgan fingerprint density at radius 2 is 1.89 bits per heavy atom. The van der Waals surface area contributed by atoms with Crippen LogP contribution in [0.2, 0.25) is 0 Å². The highest BCUT2D eigenvalue weighted by atomic mass is 32.1. The van der Waals surface area contributed by atoms with E-state index in [1.165, 1.54) is 5.56 Å². The molecule has 0 aliphatic carbocycles. The SMILES string of the molecule is Cc1cccc(-c2nn(-c3ccccc3)cc2[C@@H]2CC(c3cccs3)=NN2C(=O)CN2CCOCC2)c1. The van der Waals surface area contributed by atoms with E-state index in [4.69, 9.17) is 14.9 Å². The van der Waals surface area contributed by atoms with Crippen LogP contribution in [0.25, 0.3) is 16.9 Å². The van der Waals surface area contributed by atoms with Crippen LogP contribution in [-0.2, 0) is 9.53 Å². The van der Waals surface area contributed by atoms with E-state index in [1.807, 2.05) is 41.1 Å². The number of benzene rings is 2. The number of hydrogen-bond acceptors (Lipinski definition) is 6. The third-order valence-electron chi connectivity index (χ3n) is 6.85. The summed E-state index contributed by atoms with van der Waals surface area (Å²) in [4.78, 5) is 16.9. The summed E-state index contributed by atoms with van der Waals surface area (Å²) in [5.41, 5.74) is 6.00. The Balaban J connectivity index is 1.42. The first kappa shape index (κ1) is 23.8. The van der Waals surface area contributed by atoms with Crippen LogP contribution in [0.5, 0.6) is 0 Å². The fraction of sp³-hybridized carbons (Fsp3) is 0.276. The molecule has 1 saturated heterocycles. The number of thiophene rings is 1. The van der Waals surface area contributed by atoms with Gasteiger partial charge in [-0.15, -0.1) is 11.3 Å². The zero-order valence-corrected chi connectivity index (χ0v) is 21.6. The van der Waals surface area contributed by atoms with E-state index in [0.717, 1.165) is 46.2 Å². The average Bonchev–Trinajstić information content (AvgIpc) is 3.69. The molecule has 0 saturated carbocycles. The predicted molar refractivity (Wildman–Crippen MR) is 146 cm³/mol. The lowest BCUT2D eigenvalue weighted by molar-refractivity contribution is -0.135. The molecular weight excluding hydrogens is 482 g/mol. The van der Waals surface area contributed by atoms with Gasteiger partial charge in [-0.3, -0.25) is 9.69 Å². The Labute approximate surface area is 220 Å². The van der Waals surface area contributed by atoms with Crippen LogP contribution in [0, 0.1) is 6.92 Å². The van der Waals surface area contributed by atoms with Crippen molar-refractivity contribution >= 4 is 23.0 Å². The number of para-hydroxylation sites is 1. The monoisotopic (exact) mass is 511 g/mol. The lowest BCUT2D eigenvalue weighted by atomic mass is 9.97. The van der Waals surface area contributed by atoms with E-state index in [0.29, 0.717) is 26.2 Å². The predicted octanol–water partition coefficient (Wildman–Crippen LogP) is 4.92. The van der Waals surface area contributed by atoms with E-state index in [2.05, 4.69) is 53.7 Å². The van der Waals surface area contributed by atoms with Gasteiger partial charge < -0.3 is 4.74 Å². The molecule has 37 heavy (non-hydrogen) atoms. The van der Waals surface area contributed by atoms with Gasteiger partial charge in [-0.2, -0.15) is 10.2 Å². The quantitative estimate of drug-likeness (QED) is 0.369. The normalized spacial score (nSPS) is 18.2. The first-order chi connectivity index (χ1) is 18.2. The highest BCUT2D eigenvalue weighted by molar-refractivity contribution is 7.12. The lowest BCUT2D eigenvalue weighted by Gasteiger charge is -2.29. The maximum atomic E-state index is 13.7. The zero-order chi connectivity index (χ0) is 25.2. The van der Waals surface area contributed by atoms with Crippen LogP contribution >= 0.6 is 11.3 Å². The third-order valence-corrected chi connectivity index (χ3v) is 7.77. The maximum absolute atomic E-state index is 13.7. The molecule has 0 unspecified atom stereocenters. The van der Waals surface area contributed by atoms with E-state index in [9.17, 15) is 4.79 Å². The van der Waals surface area contributed by atoms with E-state index in [1.54, 1.807) is 16.3 Å². The minimum atomic E-state index is -0.237. The Bertz CT molecular complexity index is 1410. The summed E-state index contributed by atoms with van der Waals surface area (Å²) in [5.74, 6) is 0.00103. The van der Waals surface area contributed by atoms with Crippen molar-refractivity contribution in [3.05, 3.63) is 94.3 Å². The van der Waals surface area contributed by atoms with Gasteiger partial charge in [0.15, 0.2) is 0 Å². The molecule has 0 N–H and O–H groups in total. The first-order valence-corrected chi connectivity index (χ1v) is 13.5. The molecule has 6 rings (SSSR count). The van der Waals surface area contributed by atoms with Crippen LogP contribution in [0.15, 0.2) is 83.4 Å². The Morgan fingerprint density at radius 3 is 2.65 bits per heavy atom. The van der Waals surface area contributed by atoms with Crippen molar-refractivity contribution in [1.29, 1.82) is 0 Å². The zero-order valence-electron chi connectivity index (χ0n) is 20.8. The van der Waals surface area contributed by atoms with Gasteiger partial charge in [0.1, 0.15) is 0 Å². The summed E-state index contributed by atoms with van der Waals surface area (Å²) >= 11 is 1.65. The van der Waals surface area contributed by atoms with Crippen molar-refractivity contribution in [2.45, 2.75) is 19.4 Å². The van der Waals surface area contributed by atoms with Crippen molar-refractivity contribution in [2.24, 2.45) is 5.10 Å². The highest BCUT2D eigenvalue weighted by Gasteiger charge is 2.37. The van der Waals surface area contributed by atoms with Crippen molar-refractivity contribution in [3.63, 3.8) is 0 Å². The van der Waals surface area contributed by atoms with Gasteiger partial charge in [0.25, 0.3) is 5.91 Å². The van der Waals surface area contributed by atoms with E-state index in [-0.39, 0.29) is 11.9 Å². The second kappa shape index (κ2) is 10.4. The molecule has 2 aromatic heterocycles. The van der Waals surface area contributed by atoms with Crippen LogP contribution in [0.3, 0.4) is 0 Å². The molecule has 1 fully saturated rings. The topological polar surface area (TPSA) is 63.0 Å². The summed E-state index contributed by atoms with van der Waals surface area (Å²) in [7, 11) is 0. The maximum Gasteiger partial charge on any atom is 0.257 e. The molecule has 1 atom stereocenters. The van der Waals surface area contributed by atoms with Gasteiger partial charge in [-0.05, 0) is 36.6 Å². The molecule has 2 aliphatic rings. The Morgan fingerprint density at radius 1 is 1.05 bits per heavy atom. The number of hydrazone groups is 1. The van der Waals surface area contributed by atoms with Crippen molar-refractivity contribution < 1.29 is 9.53 Å². The number of amides is 1. The Kier molecular flexibility index (Phi) is 6.70. The van der Waals surface area contributed by atoms with Gasteiger partial charge in [0.05, 0.1) is 47.8 Å². The number of rotatable bonds is 6. The number of morpholine rings is 1. The fourth-order valence-corrected chi connectivity index (χ4v) is 5.68. The molecule has 4 aromatic rings. The number of nitrogens with zero attached hydrogens (tertiary/aromatic N) is 5. The molecule has 0 radical (unpaired) electrons. The minimum absolute atomic E-state index is 0.00103. The highest BCUT2D eigenvalue weighted by Crippen LogP contribution is 2.39. The van der Waals surface area contributed by atoms with Gasteiger partial charge >= 0.3 is 0 Å². The van der Waals surface area contributed by atoms with Gasteiger partial charge in [0, 0.05) is 36.8 Å². The number of carbonyl (C=O) groups excluding carboxylic acids is 1. The average molecular weight is 512 g/mol. The Hall–Kier alpha value is -3.59. The van der Waals surface area contributed by atoms with Crippen LogP contribution in [0.1, 0.15) is 28.5 Å². The standard InChI is InChI=1S/C29H29N5O2S/c1-21-7-5-8-22(17-21)29-24(19-33(31-29)23-9-3-2-4-10-23)26-18-25(27-11-6-16-37-27)30-34(26)28(35)20-32-12-14-36-15-13-32/h2-11,16-17,19,26H,12-15,18,20H2,1H3/t26-/m0/s1. The molecule has 0 bridgehead atoms. The summed E-state index contributed by atoms with van der Waals surface area (Å²) < 4.78 is 7.40. The number of aryl methyl sites for hydroxylation is 1. The number of ether oxygens (including phenoxy) is 1. The molecule has 2 aliphatic heterocycles. The molecule has 7 nitrogen and oxygen atoms in total. The van der Waals surface area contributed by atoms with Crippen LogP contribution in [-0.4, -0.2) is 64.2 Å². The van der Waals surface area contributed by atoms with Crippen LogP contribution in [0.4, 0.5) is 0 Å². The third kappa shape index (κ3) is 5.00. The molecular formula is C29H29N5O2S. The second-order valence-corrected chi connectivity index (χ2v) is 10.4. The molecule has 2 aromatic carbocycles. The number of carbonyl (C=O) groups is 1. The molecule has 0 spiro atoms. The minimum Gasteiger partial charge on any atom is -0.379 e. The summed E-state index contributed by atoms with van der Waals surface area (Å²) in [5, 5.41) is 13.7. The largest absolute Gasteiger partial charge is 0.379 e. The van der Waals surface area contributed by atoms with E-state index < -0.39 is 0 Å². The lowest BCUT2D eigenvalue weighted by Crippen LogP contribution is -2.43. The van der Waals surface area contributed by atoms with Crippen molar-refractivity contribution in [1.82, 2.24) is 19.7 Å². The van der Waals surface area contributed by atoms with E-state index >= 15 is 0 Å². The summed E-state index contributed by atoms with van der Waals surface area (Å²) in [6, 6.07) is 22.3. The molecule has 4 heterocycles. The van der Waals surface area contributed by atoms with Crippen molar-refractivity contribution in [2.75, 3.05) is 32.8 Å². The van der Waals surface area contributed by atoms with Crippen molar-refractivity contribution in [3.8, 4) is 16.9 Å². The summed E-state index contributed by atoms with van der Waals surface area (Å²) in [6.07, 6.45) is 2.72. The summed E-state index contributed by atoms with van der Waals surface area (Å²) in [6.45, 7) is 5.23. The smallest absolute Gasteiger partial charge is 0.257 e. The number of aromatic nitrogens is 2. The molecule has 188 valence electrons.